The van der Waals surface area contributed by atoms with Crippen LogP contribution in [-0.4, -0.2) is 52.6 Å². The van der Waals surface area contributed by atoms with Crippen LogP contribution in [0.1, 0.15) is 35.7 Å². The summed E-state index contributed by atoms with van der Waals surface area (Å²) in [7, 11) is 0. The molecule has 0 saturated carbocycles. The third kappa shape index (κ3) is 4.97. The van der Waals surface area contributed by atoms with Crippen molar-refractivity contribution in [1.82, 2.24) is 14.8 Å². The van der Waals surface area contributed by atoms with Gasteiger partial charge in [-0.15, -0.1) is 10.2 Å². The number of hydrogen-bond donors (Lipinski definition) is 0. The number of hydrogen-bond acceptors (Lipinski definition) is 6. The molecule has 0 radical (unpaired) electrons. The number of carbonyl (C=O) groups excluding carboxylic acids is 1. The van der Waals surface area contributed by atoms with Crippen molar-refractivity contribution in [3.63, 3.8) is 0 Å². The Hall–Kier alpha value is -2.71. The number of rotatable bonds is 7. The van der Waals surface area contributed by atoms with Gasteiger partial charge >= 0.3 is 0 Å². The van der Waals surface area contributed by atoms with Crippen molar-refractivity contribution in [3.8, 4) is 5.69 Å². The lowest BCUT2D eigenvalue weighted by molar-refractivity contribution is 0.102. The molecule has 3 aromatic rings. The van der Waals surface area contributed by atoms with E-state index in [0.717, 1.165) is 0 Å². The standard InChI is InChI=1S/C23H25FN4O2S/c1-16(2)17-6-8-18(9-7-17)21(29)15-31-23-26-25-22(27-10-12-30-13-11-27)28(23)20-5-3-4-19(24)14-20/h3-9,14,16H,10-13,15H2,1-2H3. The van der Waals surface area contributed by atoms with Crippen molar-refractivity contribution in [2.45, 2.75) is 24.9 Å². The minimum Gasteiger partial charge on any atom is -0.378 e. The Bertz CT molecular complexity index is 1050. The Labute approximate surface area is 185 Å². The lowest BCUT2D eigenvalue weighted by Gasteiger charge is -2.27. The van der Waals surface area contributed by atoms with Gasteiger partial charge in [0.1, 0.15) is 5.82 Å². The highest BCUT2D eigenvalue weighted by Crippen LogP contribution is 2.28. The SMILES string of the molecule is CC(C)c1ccc(C(=O)CSc2nnc(N3CCOCC3)n2-c2cccc(F)c2)cc1. The lowest BCUT2D eigenvalue weighted by atomic mass is 10.0. The largest absolute Gasteiger partial charge is 0.378 e. The van der Waals surface area contributed by atoms with Crippen LogP contribution in [0.2, 0.25) is 0 Å². The van der Waals surface area contributed by atoms with Gasteiger partial charge in [0, 0.05) is 18.7 Å². The van der Waals surface area contributed by atoms with Crippen molar-refractivity contribution < 1.29 is 13.9 Å². The monoisotopic (exact) mass is 440 g/mol. The third-order valence-electron chi connectivity index (χ3n) is 5.21. The van der Waals surface area contributed by atoms with Crippen LogP contribution in [0.3, 0.4) is 0 Å². The summed E-state index contributed by atoms with van der Waals surface area (Å²) >= 11 is 1.31. The third-order valence-corrected chi connectivity index (χ3v) is 6.14. The molecular formula is C23H25FN4O2S. The first-order chi connectivity index (χ1) is 15.0. The van der Waals surface area contributed by atoms with Crippen LogP contribution in [0.5, 0.6) is 0 Å². The van der Waals surface area contributed by atoms with Crippen LogP contribution in [0.15, 0.2) is 53.7 Å². The normalized spacial score (nSPS) is 14.3. The molecule has 6 nitrogen and oxygen atoms in total. The van der Waals surface area contributed by atoms with E-state index in [1.807, 2.05) is 34.9 Å². The molecule has 1 aliphatic rings. The summed E-state index contributed by atoms with van der Waals surface area (Å²) in [5.41, 5.74) is 2.50. The second-order valence-electron chi connectivity index (χ2n) is 7.69. The van der Waals surface area contributed by atoms with Crippen molar-refractivity contribution in [3.05, 3.63) is 65.5 Å². The van der Waals surface area contributed by atoms with Crippen molar-refractivity contribution in [1.29, 1.82) is 0 Å². The summed E-state index contributed by atoms with van der Waals surface area (Å²) in [6.45, 7) is 6.81. The molecule has 0 N–H and O–H groups in total. The highest BCUT2D eigenvalue weighted by Gasteiger charge is 2.22. The van der Waals surface area contributed by atoms with Gasteiger partial charge in [-0.25, -0.2) is 4.39 Å². The molecule has 31 heavy (non-hydrogen) atoms. The molecule has 162 valence electrons. The molecule has 0 atom stereocenters. The first-order valence-corrected chi connectivity index (χ1v) is 11.3. The number of benzene rings is 2. The van der Waals surface area contributed by atoms with Gasteiger partial charge < -0.3 is 9.64 Å². The summed E-state index contributed by atoms with van der Waals surface area (Å²) in [5, 5.41) is 9.23. The Morgan fingerprint density at radius 3 is 2.55 bits per heavy atom. The summed E-state index contributed by atoms with van der Waals surface area (Å²) in [4.78, 5) is 14.8. The van der Waals surface area contributed by atoms with E-state index >= 15 is 0 Å². The Morgan fingerprint density at radius 1 is 1.13 bits per heavy atom. The summed E-state index contributed by atoms with van der Waals surface area (Å²) < 4.78 is 21.2. The minimum atomic E-state index is -0.337. The van der Waals surface area contributed by atoms with Gasteiger partial charge in [-0.1, -0.05) is 55.9 Å². The van der Waals surface area contributed by atoms with Crippen molar-refractivity contribution >= 4 is 23.5 Å². The van der Waals surface area contributed by atoms with Crippen LogP contribution in [0.4, 0.5) is 10.3 Å². The lowest BCUT2D eigenvalue weighted by Crippen LogP contribution is -2.37. The number of nitrogens with zero attached hydrogens (tertiary/aromatic N) is 4. The molecule has 0 amide bonds. The molecule has 8 heteroatoms. The topological polar surface area (TPSA) is 60.3 Å². The van der Waals surface area contributed by atoms with E-state index in [-0.39, 0.29) is 17.4 Å². The van der Waals surface area contributed by atoms with Crippen LogP contribution in [0, 0.1) is 5.82 Å². The number of ketones is 1. The Balaban J connectivity index is 1.57. The van der Waals surface area contributed by atoms with Gasteiger partial charge in [-0.05, 0) is 29.7 Å². The predicted molar refractivity (Wildman–Crippen MR) is 120 cm³/mol. The van der Waals surface area contributed by atoms with Gasteiger partial charge in [-0.3, -0.25) is 9.36 Å². The molecule has 0 spiro atoms. The maximum absolute atomic E-state index is 13.9. The molecule has 0 aliphatic carbocycles. The number of morpholine rings is 1. The quantitative estimate of drug-likeness (QED) is 0.402. The molecule has 2 aromatic carbocycles. The highest BCUT2D eigenvalue weighted by molar-refractivity contribution is 7.99. The average molecular weight is 441 g/mol. The number of anilines is 1. The highest BCUT2D eigenvalue weighted by atomic mass is 32.2. The van der Waals surface area contributed by atoms with Gasteiger partial charge in [-0.2, -0.15) is 0 Å². The molecule has 2 heterocycles. The first-order valence-electron chi connectivity index (χ1n) is 10.3. The fraction of sp³-hybridized carbons (Fsp3) is 0.348. The van der Waals surface area contributed by atoms with E-state index in [2.05, 4.69) is 28.9 Å². The fourth-order valence-electron chi connectivity index (χ4n) is 3.43. The van der Waals surface area contributed by atoms with E-state index in [0.29, 0.717) is 54.6 Å². The van der Waals surface area contributed by atoms with Crippen molar-refractivity contribution in [2.24, 2.45) is 0 Å². The molecule has 4 rings (SSSR count). The molecule has 1 saturated heterocycles. The molecule has 1 fully saturated rings. The van der Waals surface area contributed by atoms with E-state index in [9.17, 15) is 9.18 Å². The van der Waals surface area contributed by atoms with E-state index < -0.39 is 0 Å². The number of carbonyl (C=O) groups is 1. The zero-order valence-corrected chi connectivity index (χ0v) is 18.4. The second kappa shape index (κ2) is 9.62. The predicted octanol–water partition coefficient (Wildman–Crippen LogP) is 4.34. The Morgan fingerprint density at radius 2 is 1.87 bits per heavy atom. The van der Waals surface area contributed by atoms with Gasteiger partial charge in [0.2, 0.25) is 5.95 Å². The minimum absolute atomic E-state index is 0.0158. The van der Waals surface area contributed by atoms with Gasteiger partial charge in [0.05, 0.1) is 24.7 Å². The maximum atomic E-state index is 13.9. The summed E-state index contributed by atoms with van der Waals surface area (Å²) in [6, 6.07) is 14.0. The van der Waals surface area contributed by atoms with Crippen LogP contribution >= 0.6 is 11.8 Å². The number of aromatic nitrogens is 3. The van der Waals surface area contributed by atoms with E-state index in [1.54, 1.807) is 6.07 Å². The fourth-order valence-corrected chi connectivity index (χ4v) is 4.27. The second-order valence-corrected chi connectivity index (χ2v) is 8.63. The van der Waals surface area contributed by atoms with E-state index in [4.69, 9.17) is 4.74 Å². The van der Waals surface area contributed by atoms with Crippen LogP contribution in [0.25, 0.3) is 5.69 Å². The number of Topliss-reactive ketones (excluding diaryl/α,β-unsaturated/α-hetero) is 1. The van der Waals surface area contributed by atoms with E-state index in [1.165, 1.54) is 29.5 Å². The first kappa shape index (κ1) is 21.5. The van der Waals surface area contributed by atoms with Crippen molar-refractivity contribution in [2.75, 3.05) is 37.0 Å². The number of halogens is 1. The zero-order valence-electron chi connectivity index (χ0n) is 17.6. The van der Waals surface area contributed by atoms with Crippen LogP contribution < -0.4 is 4.90 Å². The average Bonchev–Trinajstić information content (AvgIpc) is 3.22. The summed E-state index contributed by atoms with van der Waals surface area (Å²) in [6.07, 6.45) is 0. The molecular weight excluding hydrogens is 415 g/mol. The smallest absolute Gasteiger partial charge is 0.232 e. The molecule has 1 aromatic heterocycles. The van der Waals surface area contributed by atoms with Crippen LogP contribution in [-0.2, 0) is 4.74 Å². The van der Waals surface area contributed by atoms with Gasteiger partial charge in [0.25, 0.3) is 0 Å². The zero-order chi connectivity index (χ0) is 21.8. The van der Waals surface area contributed by atoms with Gasteiger partial charge in [0.15, 0.2) is 10.9 Å². The molecule has 0 unspecified atom stereocenters. The Kier molecular flexibility index (Phi) is 6.67. The summed E-state index contributed by atoms with van der Waals surface area (Å²) in [5.74, 6) is 0.947. The number of ether oxygens (including phenoxy) is 1. The molecule has 1 aliphatic heterocycles. The molecule has 0 bridgehead atoms. The maximum Gasteiger partial charge on any atom is 0.232 e. The number of thioether (sulfide) groups is 1.